The lowest BCUT2D eigenvalue weighted by molar-refractivity contribution is 0.420. The minimum absolute atomic E-state index is 0.00754. The Morgan fingerprint density at radius 1 is 0.605 bits per heavy atom. The third kappa shape index (κ3) is 5.95. The molecule has 2 aromatic heterocycles. The number of hydrogen-bond donors (Lipinski definition) is 2. The van der Waals surface area contributed by atoms with Crippen molar-refractivity contribution in [3.05, 3.63) is 95.6 Å². The van der Waals surface area contributed by atoms with Crippen LogP contribution in [0.4, 0.5) is 0 Å². The molecule has 6 aromatic rings. The second kappa shape index (κ2) is 11.5. The van der Waals surface area contributed by atoms with Crippen LogP contribution in [0.1, 0.15) is 71.1 Å². The van der Waals surface area contributed by atoms with Gasteiger partial charge in [0.25, 0.3) is 0 Å². The molecule has 2 heterocycles. The Labute approximate surface area is 252 Å². The highest BCUT2D eigenvalue weighted by atomic mass is 16.3. The molecule has 0 aliphatic heterocycles. The van der Waals surface area contributed by atoms with Crippen LogP contribution >= 0.6 is 0 Å². The number of aryl methyl sites for hydroxylation is 1. The normalized spacial score (nSPS) is 12.0. The van der Waals surface area contributed by atoms with Crippen LogP contribution in [-0.2, 0) is 10.8 Å². The summed E-state index contributed by atoms with van der Waals surface area (Å²) in [6.45, 7) is 15.1. The Kier molecular flexibility index (Phi) is 7.97. The van der Waals surface area contributed by atoms with Crippen LogP contribution in [0.5, 0.6) is 11.5 Å². The zero-order chi connectivity index (χ0) is 30.9. The van der Waals surface area contributed by atoms with Gasteiger partial charge in [0.2, 0.25) is 0 Å². The Bertz CT molecular complexity index is 1830. The van der Waals surface area contributed by atoms with Crippen molar-refractivity contribution in [2.75, 3.05) is 0 Å². The monoisotopic (exact) mass is 576 g/mol. The van der Waals surface area contributed by atoms with Gasteiger partial charge >= 0.3 is 0 Å². The van der Waals surface area contributed by atoms with Gasteiger partial charge in [-0.25, -0.2) is 0 Å². The minimum Gasteiger partial charge on any atom is -0.506 e. The maximum atomic E-state index is 11.1. The van der Waals surface area contributed by atoms with Crippen molar-refractivity contribution >= 4 is 22.1 Å². The first-order valence-corrected chi connectivity index (χ1v) is 14.8. The zero-order valence-corrected chi connectivity index (χ0v) is 26.0. The minimum atomic E-state index is -0.134. The summed E-state index contributed by atoms with van der Waals surface area (Å²) in [4.78, 5) is 3.04. The maximum Gasteiger partial charge on any atom is 0.146 e. The molecule has 8 heteroatoms. The summed E-state index contributed by atoms with van der Waals surface area (Å²) in [6.07, 6.45) is 1.95. The number of phenolic OH excluding ortho intramolecular Hbond substituents is 2. The first-order valence-electron chi connectivity index (χ1n) is 14.8. The third-order valence-electron chi connectivity index (χ3n) is 8.50. The molecule has 0 bridgehead atoms. The lowest BCUT2D eigenvalue weighted by Crippen LogP contribution is -2.21. The standard InChI is InChI=1S/C22H29N3O.C13H11N3O/c1-7-21(3,4)15-13-16(22(5,6)8-2)20(26)19(14-15)25-23-17-11-9-10-12-18(17)24-25;1-9-6-7-13(17)12(8-9)16-14-10-4-2-3-5-11(10)15-16/h9-14,26H,7-8H2,1-6H3;2-8,17H,1H3. The average molecular weight is 577 g/mol. The summed E-state index contributed by atoms with van der Waals surface area (Å²) in [5.74, 6) is 0.448. The van der Waals surface area contributed by atoms with E-state index in [0.717, 1.165) is 46.0 Å². The van der Waals surface area contributed by atoms with Gasteiger partial charge in [-0.05, 0) is 84.2 Å². The highest BCUT2D eigenvalue weighted by Crippen LogP contribution is 2.41. The van der Waals surface area contributed by atoms with Crippen LogP contribution in [0.15, 0.2) is 78.9 Å². The third-order valence-corrected chi connectivity index (χ3v) is 8.50. The number of rotatable bonds is 6. The Balaban J connectivity index is 0.000000186. The fourth-order valence-corrected chi connectivity index (χ4v) is 4.80. The number of phenols is 2. The summed E-state index contributed by atoms with van der Waals surface area (Å²) in [5.41, 5.74) is 7.60. The highest BCUT2D eigenvalue weighted by molar-refractivity contribution is 5.74. The summed E-state index contributed by atoms with van der Waals surface area (Å²) < 4.78 is 0. The van der Waals surface area contributed by atoms with Crippen LogP contribution in [0.2, 0.25) is 0 Å². The summed E-state index contributed by atoms with van der Waals surface area (Å²) in [6, 6.07) is 24.9. The van der Waals surface area contributed by atoms with Gasteiger partial charge < -0.3 is 10.2 Å². The van der Waals surface area contributed by atoms with E-state index in [1.165, 1.54) is 10.4 Å². The quantitative estimate of drug-likeness (QED) is 0.209. The largest absolute Gasteiger partial charge is 0.506 e. The van der Waals surface area contributed by atoms with Gasteiger partial charge in [-0.2, -0.15) is 0 Å². The van der Waals surface area contributed by atoms with E-state index >= 15 is 0 Å². The first kappa shape index (κ1) is 29.8. The molecule has 2 N–H and O–H groups in total. The molecule has 0 unspecified atom stereocenters. The van der Waals surface area contributed by atoms with Gasteiger partial charge in [0.1, 0.15) is 44.9 Å². The molecule has 43 heavy (non-hydrogen) atoms. The number of benzene rings is 4. The van der Waals surface area contributed by atoms with Gasteiger partial charge in [0.05, 0.1) is 0 Å². The number of aromatic nitrogens is 6. The highest BCUT2D eigenvalue weighted by Gasteiger charge is 2.29. The first-order chi connectivity index (χ1) is 20.4. The Morgan fingerprint density at radius 2 is 1.07 bits per heavy atom. The molecule has 0 radical (unpaired) electrons. The van der Waals surface area contributed by atoms with Gasteiger partial charge in [-0.1, -0.05) is 77.9 Å². The van der Waals surface area contributed by atoms with Crippen molar-refractivity contribution in [2.24, 2.45) is 0 Å². The van der Waals surface area contributed by atoms with Crippen molar-refractivity contribution in [3.63, 3.8) is 0 Å². The molecule has 0 atom stereocenters. The van der Waals surface area contributed by atoms with E-state index in [4.69, 9.17) is 0 Å². The number of hydrogen-bond acceptors (Lipinski definition) is 6. The van der Waals surface area contributed by atoms with E-state index in [1.54, 1.807) is 10.9 Å². The lowest BCUT2D eigenvalue weighted by Gasteiger charge is -2.30. The van der Waals surface area contributed by atoms with Crippen LogP contribution in [0, 0.1) is 6.92 Å². The molecule has 222 valence electrons. The number of fused-ring (bicyclic) bond motifs is 2. The van der Waals surface area contributed by atoms with Crippen molar-refractivity contribution < 1.29 is 10.2 Å². The van der Waals surface area contributed by atoms with Gasteiger partial charge in [0, 0.05) is 5.56 Å². The molecule has 0 spiro atoms. The summed E-state index contributed by atoms with van der Waals surface area (Å²) in [7, 11) is 0. The predicted octanol–water partition coefficient (Wildman–Crippen LogP) is 7.94. The fraction of sp³-hybridized carbons (Fsp3) is 0.314. The molecule has 0 fully saturated rings. The maximum absolute atomic E-state index is 11.1. The molecule has 8 nitrogen and oxygen atoms in total. The van der Waals surface area contributed by atoms with Crippen LogP contribution in [0.25, 0.3) is 33.4 Å². The van der Waals surface area contributed by atoms with Crippen molar-refractivity contribution in [2.45, 2.75) is 72.1 Å². The lowest BCUT2D eigenvalue weighted by atomic mass is 9.76. The molecule has 0 aliphatic carbocycles. The molecule has 0 aliphatic rings. The fourth-order valence-electron chi connectivity index (χ4n) is 4.80. The van der Waals surface area contributed by atoms with Gasteiger partial charge in [-0.3, -0.25) is 0 Å². The van der Waals surface area contributed by atoms with E-state index in [0.29, 0.717) is 11.4 Å². The van der Waals surface area contributed by atoms with E-state index in [1.807, 2.05) is 73.7 Å². The second-order valence-electron chi connectivity index (χ2n) is 12.3. The van der Waals surface area contributed by atoms with Crippen molar-refractivity contribution in [1.82, 2.24) is 30.0 Å². The number of aromatic hydroxyl groups is 2. The Hall–Kier alpha value is -4.72. The van der Waals surface area contributed by atoms with E-state index in [9.17, 15) is 10.2 Å². The second-order valence-corrected chi connectivity index (χ2v) is 12.3. The summed E-state index contributed by atoms with van der Waals surface area (Å²) >= 11 is 0. The average Bonchev–Trinajstić information content (AvgIpc) is 3.63. The van der Waals surface area contributed by atoms with Crippen LogP contribution in [-0.4, -0.2) is 40.2 Å². The Morgan fingerprint density at radius 3 is 1.53 bits per heavy atom. The molecular weight excluding hydrogens is 536 g/mol. The van der Waals surface area contributed by atoms with Crippen molar-refractivity contribution in [1.29, 1.82) is 0 Å². The molecule has 0 saturated heterocycles. The zero-order valence-electron chi connectivity index (χ0n) is 26.0. The molecule has 0 saturated carbocycles. The van der Waals surface area contributed by atoms with Crippen LogP contribution < -0.4 is 0 Å². The molecule has 4 aromatic carbocycles. The van der Waals surface area contributed by atoms with Gasteiger partial charge in [0.15, 0.2) is 0 Å². The van der Waals surface area contributed by atoms with E-state index in [-0.39, 0.29) is 22.3 Å². The predicted molar refractivity (Wildman–Crippen MR) is 172 cm³/mol. The SMILES string of the molecule is CCC(C)(C)c1cc(-n2nc3ccccc3n2)c(O)c(C(C)(C)CC)c1.Cc1ccc(O)c(-n2nc3ccccc3n2)c1. The van der Waals surface area contributed by atoms with Gasteiger partial charge in [-0.15, -0.1) is 30.0 Å². The topological polar surface area (TPSA) is 102 Å². The van der Waals surface area contributed by atoms with Crippen molar-refractivity contribution in [3.8, 4) is 22.9 Å². The van der Waals surface area contributed by atoms with E-state index in [2.05, 4.69) is 68.0 Å². The van der Waals surface area contributed by atoms with E-state index < -0.39 is 0 Å². The summed E-state index contributed by atoms with van der Waals surface area (Å²) in [5, 5.41) is 38.7. The number of nitrogens with zero attached hydrogens (tertiary/aromatic N) is 6. The molecular formula is C35H40N6O2. The smallest absolute Gasteiger partial charge is 0.146 e. The molecule has 0 amide bonds. The van der Waals surface area contributed by atoms with Crippen LogP contribution in [0.3, 0.4) is 0 Å². The molecule has 6 rings (SSSR count).